The van der Waals surface area contributed by atoms with Crippen LogP contribution in [0.2, 0.25) is 0 Å². The standard InChI is InChI=1S/C12H15BBr2O2.C6H4Br2.BH2P/c1-11(2)12(3,4)17-13(16-11)8-5-9(14)7-10(15)6-8;7-5-2-1-3-6(8)4-5;1-2/h5-7H,1-4H3;1-4H;2H2. The minimum absolute atomic E-state index is 0.299. The van der Waals surface area contributed by atoms with E-state index in [1.807, 2.05) is 51.6 Å². The van der Waals surface area contributed by atoms with Crippen LogP contribution in [0.25, 0.3) is 0 Å². The molecule has 27 heavy (non-hydrogen) atoms. The molecule has 2 radical (unpaired) electrons. The molecule has 0 amide bonds. The third kappa shape index (κ3) is 7.88. The summed E-state index contributed by atoms with van der Waals surface area (Å²) >= 11 is 13.6. The summed E-state index contributed by atoms with van der Waals surface area (Å²) in [6.07, 6.45) is 0. The molecule has 144 valence electrons. The van der Waals surface area contributed by atoms with Crippen molar-refractivity contribution in [1.29, 1.82) is 0 Å². The summed E-state index contributed by atoms with van der Waals surface area (Å²) in [6, 6.07) is 14.0. The Bertz CT molecular complexity index is 706. The smallest absolute Gasteiger partial charge is 0.399 e. The summed E-state index contributed by atoms with van der Waals surface area (Å²) in [4.78, 5) is 0. The zero-order valence-corrected chi connectivity index (χ0v) is 23.1. The van der Waals surface area contributed by atoms with Gasteiger partial charge in [0.1, 0.15) is 0 Å². The quantitative estimate of drug-likeness (QED) is 0.256. The van der Waals surface area contributed by atoms with Gasteiger partial charge in [-0.05, 0) is 69.6 Å². The third-order valence-electron chi connectivity index (χ3n) is 4.20. The molecule has 9 heteroatoms. The van der Waals surface area contributed by atoms with Gasteiger partial charge in [0.15, 0.2) is 0 Å². The Labute approximate surface area is 200 Å². The first-order chi connectivity index (χ1) is 12.5. The molecule has 0 spiro atoms. The van der Waals surface area contributed by atoms with Crippen LogP contribution in [0.4, 0.5) is 0 Å². The third-order valence-corrected chi connectivity index (χ3v) is 6.10. The van der Waals surface area contributed by atoms with Crippen molar-refractivity contribution in [2.75, 3.05) is 0 Å². The maximum Gasteiger partial charge on any atom is 0.494 e. The molecule has 3 rings (SSSR count). The predicted octanol–water partition coefficient (Wildman–Crippen LogP) is 6.67. The van der Waals surface area contributed by atoms with Crippen LogP contribution in [0.15, 0.2) is 60.4 Å². The number of halogens is 4. The first kappa shape index (κ1) is 25.9. The van der Waals surface area contributed by atoms with Gasteiger partial charge >= 0.3 is 7.12 Å². The number of benzene rings is 2. The molecule has 2 aromatic carbocycles. The van der Waals surface area contributed by atoms with Gasteiger partial charge in [0.25, 0.3) is 0 Å². The Morgan fingerprint density at radius 3 is 1.44 bits per heavy atom. The van der Waals surface area contributed by atoms with E-state index < -0.39 is 0 Å². The molecule has 1 aliphatic rings. The first-order valence-corrected chi connectivity index (χ1v) is 11.9. The highest BCUT2D eigenvalue weighted by Crippen LogP contribution is 2.36. The molecule has 0 N–H and O–H groups in total. The topological polar surface area (TPSA) is 18.5 Å². The van der Waals surface area contributed by atoms with Crippen LogP contribution in [-0.2, 0) is 9.31 Å². The summed E-state index contributed by atoms with van der Waals surface area (Å²) in [7, 11) is 6.02. The second-order valence-corrected chi connectivity index (χ2v) is 10.4. The van der Waals surface area contributed by atoms with E-state index >= 15 is 0 Å². The highest BCUT2D eigenvalue weighted by molar-refractivity contribution is 9.11. The van der Waals surface area contributed by atoms with Gasteiger partial charge in [-0.2, -0.15) is 9.12 Å². The van der Waals surface area contributed by atoms with E-state index in [-0.39, 0.29) is 18.3 Å². The van der Waals surface area contributed by atoms with E-state index in [2.05, 4.69) is 99.0 Å². The Hall–Kier alpha value is 0.840. The van der Waals surface area contributed by atoms with Crippen molar-refractivity contribution in [1.82, 2.24) is 0 Å². The number of rotatable bonds is 1. The van der Waals surface area contributed by atoms with Gasteiger partial charge in [-0.25, -0.2) is 0 Å². The zero-order valence-electron chi connectivity index (χ0n) is 15.6. The van der Waals surface area contributed by atoms with E-state index in [0.29, 0.717) is 0 Å². The molecule has 0 aliphatic carbocycles. The van der Waals surface area contributed by atoms with Crippen LogP contribution in [0.1, 0.15) is 27.7 Å². The van der Waals surface area contributed by atoms with Crippen molar-refractivity contribution in [2.45, 2.75) is 38.9 Å². The minimum atomic E-state index is -0.311. The molecule has 2 nitrogen and oxygen atoms in total. The van der Waals surface area contributed by atoms with E-state index in [4.69, 9.17) is 9.31 Å². The van der Waals surface area contributed by atoms with Crippen LogP contribution in [0, 0.1) is 0 Å². The largest absolute Gasteiger partial charge is 0.494 e. The van der Waals surface area contributed by atoms with Crippen LogP contribution >= 0.6 is 72.8 Å². The average molecular weight is 642 g/mol. The van der Waals surface area contributed by atoms with Gasteiger partial charge < -0.3 is 9.31 Å². The summed E-state index contributed by atoms with van der Waals surface area (Å²) < 4.78 is 16.2. The molecule has 2 aromatic rings. The molecule has 1 aliphatic heterocycles. The van der Waals surface area contributed by atoms with Gasteiger partial charge in [-0.1, -0.05) is 69.8 Å². The van der Waals surface area contributed by atoms with Gasteiger partial charge in [-0.15, -0.1) is 0 Å². The Balaban J connectivity index is 0.000000305. The van der Waals surface area contributed by atoms with Crippen LogP contribution in [-0.4, -0.2) is 25.9 Å². The second kappa shape index (κ2) is 11.3. The summed E-state index contributed by atoms with van der Waals surface area (Å²) in [6.45, 7) is 8.22. The lowest BCUT2D eigenvalue weighted by atomic mass is 9.79. The van der Waals surface area contributed by atoms with E-state index in [0.717, 1.165) is 23.4 Å². The molecule has 1 heterocycles. The molecule has 0 saturated carbocycles. The Kier molecular flexibility index (Phi) is 10.8. The van der Waals surface area contributed by atoms with Crippen LogP contribution in [0.3, 0.4) is 0 Å². The second-order valence-electron chi connectivity index (χ2n) is 6.73. The van der Waals surface area contributed by atoms with Crippen molar-refractivity contribution in [3.05, 3.63) is 60.4 Å². The summed E-state index contributed by atoms with van der Waals surface area (Å²) in [5, 5.41) is 0. The fourth-order valence-corrected chi connectivity index (χ4v) is 4.59. The van der Waals surface area contributed by atoms with Crippen molar-refractivity contribution < 1.29 is 9.31 Å². The highest BCUT2D eigenvalue weighted by atomic mass is 79.9. The average Bonchev–Trinajstić information content (AvgIpc) is 2.77. The van der Waals surface area contributed by atoms with E-state index in [1.165, 1.54) is 0 Å². The predicted molar refractivity (Wildman–Crippen MR) is 135 cm³/mol. The molecule has 0 bridgehead atoms. The zero-order chi connectivity index (χ0) is 20.8. The molecular formula is C18H21B2Br4O2P. The maximum absolute atomic E-state index is 6.00. The highest BCUT2D eigenvalue weighted by Gasteiger charge is 2.51. The fourth-order valence-electron chi connectivity index (χ4n) is 2.15. The molecule has 1 fully saturated rings. The van der Waals surface area contributed by atoms with E-state index in [9.17, 15) is 0 Å². The summed E-state index contributed by atoms with van der Waals surface area (Å²) in [5.74, 6) is 0. The van der Waals surface area contributed by atoms with Gasteiger partial charge in [0, 0.05) is 17.9 Å². The van der Waals surface area contributed by atoms with Gasteiger partial charge in [0.05, 0.1) is 18.8 Å². The Morgan fingerprint density at radius 1 is 0.741 bits per heavy atom. The van der Waals surface area contributed by atoms with Crippen LogP contribution < -0.4 is 5.46 Å². The lowest BCUT2D eigenvalue weighted by molar-refractivity contribution is 0.00578. The van der Waals surface area contributed by atoms with Crippen molar-refractivity contribution >= 4 is 93.0 Å². The Morgan fingerprint density at radius 2 is 1.11 bits per heavy atom. The minimum Gasteiger partial charge on any atom is -0.399 e. The van der Waals surface area contributed by atoms with Gasteiger partial charge in [-0.3, -0.25) is 0 Å². The first-order valence-electron chi connectivity index (χ1n) is 8.06. The lowest BCUT2D eigenvalue weighted by Gasteiger charge is -2.32. The fraction of sp³-hybridized carbons (Fsp3) is 0.333. The number of hydrogen-bond acceptors (Lipinski definition) is 2. The maximum atomic E-state index is 6.00. The molecule has 1 unspecified atom stereocenters. The van der Waals surface area contributed by atoms with Crippen molar-refractivity contribution in [3.63, 3.8) is 0 Å². The van der Waals surface area contributed by atoms with Crippen LogP contribution in [0.5, 0.6) is 0 Å². The summed E-state index contributed by atoms with van der Waals surface area (Å²) in [5.41, 5.74) is 0.420. The number of hydrogen-bond donors (Lipinski definition) is 0. The normalized spacial score (nSPS) is 16.7. The van der Waals surface area contributed by atoms with Gasteiger partial charge in [0.2, 0.25) is 0 Å². The van der Waals surface area contributed by atoms with E-state index in [1.54, 1.807) is 0 Å². The molecule has 1 saturated heterocycles. The molecule has 1 atom stereocenters. The van der Waals surface area contributed by atoms with Crippen molar-refractivity contribution in [3.8, 4) is 0 Å². The molecular weight excluding hydrogens is 620 g/mol. The SMILES string of the molecule is Brc1cccc(Br)c1.CC1(C)OB(c2cc(Br)cc(Br)c2)OC1(C)C.[B]P. The van der Waals surface area contributed by atoms with Crippen molar-refractivity contribution in [2.24, 2.45) is 0 Å². The molecule has 0 aromatic heterocycles. The lowest BCUT2D eigenvalue weighted by Crippen LogP contribution is -2.41. The monoisotopic (exact) mass is 638 g/mol.